The molecule has 0 bridgehead atoms. The van der Waals surface area contributed by atoms with Crippen molar-refractivity contribution in [2.75, 3.05) is 11.5 Å². The summed E-state index contributed by atoms with van der Waals surface area (Å²) in [5, 5.41) is 23.5. The summed E-state index contributed by atoms with van der Waals surface area (Å²) in [4.78, 5) is 12.6. The molecule has 1 aliphatic carbocycles. The van der Waals surface area contributed by atoms with Gasteiger partial charge < -0.3 is 26.2 Å². The van der Waals surface area contributed by atoms with Crippen LogP contribution in [-0.4, -0.2) is 41.9 Å². The molecule has 9 heteroatoms. The lowest BCUT2D eigenvalue weighted by molar-refractivity contribution is 0.0317. The molecule has 0 aliphatic heterocycles. The quantitative estimate of drug-likeness (QED) is 0.361. The lowest BCUT2D eigenvalue weighted by Gasteiger charge is -2.19. The molecule has 3 atom stereocenters. The van der Waals surface area contributed by atoms with Gasteiger partial charge in [0.1, 0.15) is 23.7 Å². The maximum atomic E-state index is 10.7. The molecule has 6 N–H and O–H groups in total. The second kappa shape index (κ2) is 7.49. The van der Waals surface area contributed by atoms with Crippen molar-refractivity contribution in [3.05, 3.63) is 65.0 Å². The Bertz CT molecular complexity index is 1330. The van der Waals surface area contributed by atoms with Crippen LogP contribution in [0.15, 0.2) is 54.4 Å². The van der Waals surface area contributed by atoms with Gasteiger partial charge >= 0.3 is 0 Å². The van der Waals surface area contributed by atoms with Gasteiger partial charge in [-0.15, -0.1) is 0 Å². The van der Waals surface area contributed by atoms with Gasteiger partial charge in [-0.2, -0.15) is 4.98 Å². The van der Waals surface area contributed by atoms with Crippen LogP contribution in [0.3, 0.4) is 0 Å². The van der Waals surface area contributed by atoms with E-state index in [1.54, 1.807) is 12.3 Å². The number of fused-ring (bicyclic) bond motifs is 2. The lowest BCUT2D eigenvalue weighted by Crippen LogP contribution is -2.29. The highest BCUT2D eigenvalue weighted by Crippen LogP contribution is 2.34. The fourth-order valence-corrected chi connectivity index (χ4v) is 4.30. The van der Waals surface area contributed by atoms with Gasteiger partial charge in [-0.05, 0) is 42.2 Å². The SMILES string of the molecule is Nc1ncc2ccn(C3C=C(CCc4ccc5cc(Cl)c(N)nc5c4)C(O)C3O)c2n1. The summed E-state index contributed by atoms with van der Waals surface area (Å²) in [5.74, 6) is 0.464. The summed E-state index contributed by atoms with van der Waals surface area (Å²) in [6.45, 7) is 0. The Kier molecular flexibility index (Phi) is 4.77. The highest BCUT2D eigenvalue weighted by molar-refractivity contribution is 6.33. The van der Waals surface area contributed by atoms with Crippen LogP contribution in [0.1, 0.15) is 18.0 Å². The monoisotopic (exact) mass is 436 g/mol. The average molecular weight is 437 g/mol. The second-order valence-corrected chi connectivity index (χ2v) is 8.19. The first kappa shape index (κ1) is 19.7. The Balaban J connectivity index is 1.39. The predicted octanol–water partition coefficient (Wildman–Crippen LogP) is 2.63. The highest BCUT2D eigenvalue weighted by Gasteiger charge is 2.35. The van der Waals surface area contributed by atoms with E-state index in [1.165, 1.54) is 0 Å². The van der Waals surface area contributed by atoms with Crippen LogP contribution in [0.5, 0.6) is 0 Å². The van der Waals surface area contributed by atoms with E-state index in [9.17, 15) is 10.2 Å². The molecule has 3 unspecified atom stereocenters. The third-order valence-electron chi connectivity index (χ3n) is 5.80. The number of hydrogen-bond donors (Lipinski definition) is 4. The van der Waals surface area contributed by atoms with Gasteiger partial charge in [-0.1, -0.05) is 29.8 Å². The molecule has 0 radical (unpaired) electrons. The molecule has 0 fully saturated rings. The molecule has 0 spiro atoms. The number of aryl methyl sites for hydroxylation is 1. The van der Waals surface area contributed by atoms with Crippen LogP contribution in [0.25, 0.3) is 21.9 Å². The number of anilines is 2. The second-order valence-electron chi connectivity index (χ2n) is 7.78. The number of nitrogens with zero attached hydrogens (tertiary/aromatic N) is 4. The molecule has 4 aromatic rings. The number of rotatable bonds is 4. The molecule has 1 aliphatic rings. The highest BCUT2D eigenvalue weighted by atomic mass is 35.5. The van der Waals surface area contributed by atoms with Gasteiger partial charge in [0.15, 0.2) is 0 Å². The van der Waals surface area contributed by atoms with Gasteiger partial charge in [-0.25, -0.2) is 9.97 Å². The number of nitrogens with two attached hydrogens (primary N) is 2. The van der Waals surface area contributed by atoms with Crippen molar-refractivity contribution >= 4 is 45.3 Å². The number of aromatic nitrogens is 4. The fraction of sp³-hybridized carbons (Fsp3) is 0.227. The van der Waals surface area contributed by atoms with E-state index in [-0.39, 0.29) is 5.95 Å². The van der Waals surface area contributed by atoms with Crippen LogP contribution >= 0.6 is 11.6 Å². The first-order valence-corrected chi connectivity index (χ1v) is 10.3. The van der Waals surface area contributed by atoms with Gasteiger partial charge in [0.05, 0.1) is 16.6 Å². The topological polar surface area (TPSA) is 136 Å². The van der Waals surface area contributed by atoms with E-state index in [0.29, 0.717) is 29.3 Å². The number of benzene rings is 1. The maximum absolute atomic E-state index is 10.7. The Morgan fingerprint density at radius 1 is 1.03 bits per heavy atom. The Morgan fingerprint density at radius 3 is 2.71 bits per heavy atom. The standard InChI is InChI=1S/C22H21ClN6O2/c23-15-8-12-3-1-11(7-16(12)27-20(15)24)2-4-13-9-17(19(31)18(13)30)29-6-5-14-10-26-22(25)28-21(14)29/h1,3,5-10,17-19,30-31H,2,4H2,(H2,24,27)(H2,25,26,28). The van der Waals surface area contributed by atoms with Crippen LogP contribution in [0.4, 0.5) is 11.8 Å². The number of aliphatic hydroxyl groups excluding tert-OH is 2. The molecule has 5 rings (SSSR count). The summed E-state index contributed by atoms with van der Waals surface area (Å²) in [7, 11) is 0. The number of nitrogen functional groups attached to an aromatic ring is 2. The molecule has 158 valence electrons. The van der Waals surface area contributed by atoms with Crippen molar-refractivity contribution in [2.45, 2.75) is 31.1 Å². The van der Waals surface area contributed by atoms with Gasteiger partial charge in [0, 0.05) is 23.2 Å². The minimum atomic E-state index is -0.970. The molecule has 3 aromatic heterocycles. The summed E-state index contributed by atoms with van der Waals surface area (Å²) >= 11 is 6.04. The van der Waals surface area contributed by atoms with Crippen molar-refractivity contribution < 1.29 is 10.2 Å². The first-order valence-electron chi connectivity index (χ1n) is 9.91. The summed E-state index contributed by atoms with van der Waals surface area (Å²) < 4.78 is 1.82. The molecule has 1 aromatic carbocycles. The van der Waals surface area contributed by atoms with Crippen molar-refractivity contribution in [3.63, 3.8) is 0 Å². The minimum Gasteiger partial charge on any atom is -0.388 e. The third kappa shape index (κ3) is 3.48. The van der Waals surface area contributed by atoms with E-state index in [4.69, 9.17) is 23.1 Å². The van der Waals surface area contributed by atoms with Gasteiger partial charge in [0.25, 0.3) is 0 Å². The Morgan fingerprint density at radius 2 is 1.87 bits per heavy atom. The largest absolute Gasteiger partial charge is 0.388 e. The molecule has 3 heterocycles. The molecule has 0 saturated carbocycles. The molecular formula is C22H21ClN6O2. The molecule has 31 heavy (non-hydrogen) atoms. The zero-order valence-corrected chi connectivity index (χ0v) is 17.2. The van der Waals surface area contributed by atoms with Crippen LogP contribution in [0, 0.1) is 0 Å². The lowest BCUT2D eigenvalue weighted by atomic mass is 10.0. The molecule has 0 saturated heterocycles. The van der Waals surface area contributed by atoms with Crippen LogP contribution in [0.2, 0.25) is 5.02 Å². The average Bonchev–Trinajstić information content (AvgIpc) is 3.28. The van der Waals surface area contributed by atoms with E-state index in [1.807, 2.05) is 41.1 Å². The van der Waals surface area contributed by atoms with Crippen molar-refractivity contribution in [2.24, 2.45) is 0 Å². The Hall–Kier alpha value is -3.20. The zero-order valence-electron chi connectivity index (χ0n) is 16.5. The van der Waals surface area contributed by atoms with Crippen molar-refractivity contribution in [3.8, 4) is 0 Å². The molecule has 0 amide bonds. The van der Waals surface area contributed by atoms with Gasteiger partial charge in [0.2, 0.25) is 5.95 Å². The normalized spacial score (nSPS) is 21.1. The first-order chi connectivity index (χ1) is 14.9. The smallest absolute Gasteiger partial charge is 0.221 e. The number of hydrogen-bond acceptors (Lipinski definition) is 7. The summed E-state index contributed by atoms with van der Waals surface area (Å²) in [6, 6.07) is 9.15. The summed E-state index contributed by atoms with van der Waals surface area (Å²) in [6.07, 6.45) is 4.73. The minimum absolute atomic E-state index is 0.163. The maximum Gasteiger partial charge on any atom is 0.221 e. The van der Waals surface area contributed by atoms with Crippen LogP contribution < -0.4 is 11.5 Å². The fourth-order valence-electron chi connectivity index (χ4n) is 4.14. The predicted molar refractivity (Wildman–Crippen MR) is 121 cm³/mol. The summed E-state index contributed by atoms with van der Waals surface area (Å²) in [5.41, 5.74) is 14.8. The number of pyridine rings is 1. The van der Waals surface area contributed by atoms with E-state index < -0.39 is 18.2 Å². The molecular weight excluding hydrogens is 416 g/mol. The molecule has 8 nitrogen and oxygen atoms in total. The van der Waals surface area contributed by atoms with E-state index >= 15 is 0 Å². The van der Waals surface area contributed by atoms with E-state index in [2.05, 4.69) is 15.0 Å². The van der Waals surface area contributed by atoms with Crippen molar-refractivity contribution in [1.82, 2.24) is 19.5 Å². The Labute approximate surface area is 182 Å². The van der Waals surface area contributed by atoms with Gasteiger partial charge in [-0.3, -0.25) is 0 Å². The van der Waals surface area contributed by atoms with Crippen LogP contribution in [-0.2, 0) is 6.42 Å². The zero-order chi connectivity index (χ0) is 21.7. The van der Waals surface area contributed by atoms with Crippen molar-refractivity contribution in [1.29, 1.82) is 0 Å². The third-order valence-corrected chi connectivity index (χ3v) is 6.10. The number of aliphatic hydroxyl groups is 2. The van der Waals surface area contributed by atoms with E-state index in [0.717, 1.165) is 27.4 Å². The number of halogens is 1.